The van der Waals surface area contributed by atoms with Crippen molar-refractivity contribution in [2.45, 2.75) is 0 Å². The Morgan fingerprint density at radius 2 is 2.08 bits per heavy atom. The molecule has 0 N–H and O–H groups in total. The van der Waals surface area contributed by atoms with Crippen molar-refractivity contribution < 1.29 is 0 Å². The first kappa shape index (κ1) is 8.28. The van der Waals surface area contributed by atoms with Crippen molar-refractivity contribution in [1.29, 1.82) is 5.26 Å². The van der Waals surface area contributed by atoms with Crippen LogP contribution in [-0.4, -0.2) is 0 Å². The molecular formula is C11H5BrN. The normalized spacial score (nSPS) is 9.85. The van der Waals surface area contributed by atoms with Crippen molar-refractivity contribution in [3.63, 3.8) is 0 Å². The van der Waals surface area contributed by atoms with Gasteiger partial charge in [0.25, 0.3) is 0 Å². The zero-order valence-electron chi connectivity index (χ0n) is 6.71. The summed E-state index contributed by atoms with van der Waals surface area (Å²) in [5, 5.41) is 10.8. The number of hydrogen-bond acceptors (Lipinski definition) is 1. The molecule has 13 heavy (non-hydrogen) atoms. The Morgan fingerprint density at radius 1 is 1.23 bits per heavy atom. The highest BCUT2D eigenvalue weighted by Crippen LogP contribution is 2.25. The topological polar surface area (TPSA) is 23.8 Å². The maximum Gasteiger partial charge on any atom is 0.100 e. The third kappa shape index (κ3) is 1.32. The van der Waals surface area contributed by atoms with Crippen molar-refractivity contribution in [3.8, 4) is 6.07 Å². The second kappa shape index (κ2) is 3.20. The highest BCUT2D eigenvalue weighted by molar-refractivity contribution is 9.10. The van der Waals surface area contributed by atoms with Crippen molar-refractivity contribution in [2.75, 3.05) is 0 Å². The van der Waals surface area contributed by atoms with Crippen molar-refractivity contribution >= 4 is 26.7 Å². The Balaban J connectivity index is 2.94. The number of hydrogen-bond donors (Lipinski definition) is 0. The second-order valence-electron chi connectivity index (χ2n) is 2.67. The molecular weight excluding hydrogens is 226 g/mol. The summed E-state index contributed by atoms with van der Waals surface area (Å²) in [6, 6.07) is 14.5. The molecule has 2 aromatic carbocycles. The molecule has 0 heterocycles. The van der Waals surface area contributed by atoms with Gasteiger partial charge in [-0.15, -0.1) is 0 Å². The van der Waals surface area contributed by atoms with E-state index in [1.807, 2.05) is 24.3 Å². The number of benzene rings is 2. The monoisotopic (exact) mass is 230 g/mol. The first-order valence-corrected chi connectivity index (χ1v) is 4.61. The molecule has 0 saturated carbocycles. The average Bonchev–Trinajstić information content (AvgIpc) is 2.18. The molecule has 1 radical (unpaired) electrons. The maximum atomic E-state index is 8.83. The van der Waals surface area contributed by atoms with Crippen LogP contribution in [0.4, 0.5) is 0 Å². The van der Waals surface area contributed by atoms with Crippen molar-refractivity contribution in [2.24, 2.45) is 0 Å². The minimum atomic E-state index is 0.596. The van der Waals surface area contributed by atoms with Gasteiger partial charge in [0.2, 0.25) is 0 Å². The summed E-state index contributed by atoms with van der Waals surface area (Å²) in [5.74, 6) is 0. The molecule has 2 heteroatoms. The van der Waals surface area contributed by atoms with Gasteiger partial charge in [0.15, 0.2) is 0 Å². The lowest BCUT2D eigenvalue weighted by Gasteiger charge is -2.00. The highest BCUT2D eigenvalue weighted by atomic mass is 79.9. The quantitative estimate of drug-likeness (QED) is 0.682. The Bertz CT molecular complexity index is 497. The van der Waals surface area contributed by atoms with Gasteiger partial charge in [0.1, 0.15) is 6.07 Å². The van der Waals surface area contributed by atoms with Crippen molar-refractivity contribution in [1.82, 2.24) is 0 Å². The fourth-order valence-corrected chi connectivity index (χ4v) is 1.80. The average molecular weight is 231 g/mol. The van der Waals surface area contributed by atoms with Gasteiger partial charge in [-0.1, -0.05) is 40.2 Å². The Morgan fingerprint density at radius 3 is 2.85 bits per heavy atom. The predicted octanol–water partition coefficient (Wildman–Crippen LogP) is 3.27. The summed E-state index contributed by atoms with van der Waals surface area (Å²) in [4.78, 5) is 0. The van der Waals surface area contributed by atoms with Gasteiger partial charge in [-0.05, 0) is 11.5 Å². The zero-order valence-corrected chi connectivity index (χ0v) is 8.30. The molecule has 0 spiro atoms. The summed E-state index contributed by atoms with van der Waals surface area (Å²) in [6.07, 6.45) is 0. The molecule has 0 aliphatic heterocycles. The summed E-state index contributed by atoms with van der Waals surface area (Å²) < 4.78 is 1.01. The summed E-state index contributed by atoms with van der Waals surface area (Å²) in [7, 11) is 0. The fourth-order valence-electron chi connectivity index (χ4n) is 1.30. The van der Waals surface area contributed by atoms with E-state index < -0.39 is 0 Å². The fraction of sp³-hybridized carbons (Fsp3) is 0. The van der Waals surface area contributed by atoms with Crippen LogP contribution in [0, 0.1) is 17.4 Å². The number of halogens is 1. The molecule has 0 aliphatic carbocycles. The molecule has 61 valence electrons. The summed E-state index contributed by atoms with van der Waals surface area (Å²) in [5.41, 5.74) is 0.596. The molecule has 0 saturated heterocycles. The predicted molar refractivity (Wildman–Crippen MR) is 55.2 cm³/mol. The van der Waals surface area contributed by atoms with Crippen LogP contribution in [-0.2, 0) is 0 Å². The molecule has 2 aromatic rings. The van der Waals surface area contributed by atoms with Crippen LogP contribution in [0.15, 0.2) is 34.8 Å². The zero-order chi connectivity index (χ0) is 9.26. The Hall–Kier alpha value is -1.33. The molecule has 0 atom stereocenters. The van der Waals surface area contributed by atoms with Gasteiger partial charge in [0, 0.05) is 15.9 Å². The van der Waals surface area contributed by atoms with Gasteiger partial charge in [-0.3, -0.25) is 0 Å². The van der Waals surface area contributed by atoms with Crippen LogP contribution in [0.2, 0.25) is 0 Å². The van der Waals surface area contributed by atoms with Crippen LogP contribution in [0.1, 0.15) is 5.56 Å². The minimum absolute atomic E-state index is 0.596. The smallest absolute Gasteiger partial charge is 0.100 e. The van der Waals surface area contributed by atoms with E-state index >= 15 is 0 Å². The van der Waals surface area contributed by atoms with Crippen LogP contribution < -0.4 is 0 Å². The van der Waals surface area contributed by atoms with E-state index in [1.165, 1.54) is 0 Å². The Labute approximate surface area is 84.7 Å². The van der Waals surface area contributed by atoms with Gasteiger partial charge in [-0.2, -0.15) is 5.26 Å². The first-order valence-electron chi connectivity index (χ1n) is 3.82. The minimum Gasteiger partial charge on any atom is -0.192 e. The van der Waals surface area contributed by atoms with E-state index in [2.05, 4.69) is 28.1 Å². The highest BCUT2D eigenvalue weighted by Gasteiger charge is 2.01. The van der Waals surface area contributed by atoms with E-state index in [0.29, 0.717) is 5.56 Å². The standard InChI is InChI=1S/C11H5BrN/c12-11-6-2-4-9-8(7-13)3-1-5-10(9)11/h1-2,4-6H. The number of rotatable bonds is 0. The molecule has 0 amide bonds. The summed E-state index contributed by atoms with van der Waals surface area (Å²) in [6.45, 7) is 0. The number of nitriles is 1. The van der Waals surface area contributed by atoms with Crippen LogP contribution in [0.25, 0.3) is 10.8 Å². The molecule has 0 fully saturated rings. The lowest BCUT2D eigenvalue weighted by atomic mass is 10.1. The van der Waals surface area contributed by atoms with Crippen LogP contribution >= 0.6 is 15.9 Å². The van der Waals surface area contributed by atoms with Gasteiger partial charge in [0.05, 0.1) is 5.56 Å². The van der Waals surface area contributed by atoms with E-state index in [0.717, 1.165) is 15.2 Å². The third-order valence-corrected chi connectivity index (χ3v) is 2.60. The Kier molecular flexibility index (Phi) is 2.03. The summed E-state index contributed by atoms with van der Waals surface area (Å²) >= 11 is 3.44. The van der Waals surface area contributed by atoms with Gasteiger partial charge >= 0.3 is 0 Å². The second-order valence-corrected chi connectivity index (χ2v) is 3.52. The van der Waals surface area contributed by atoms with Crippen molar-refractivity contribution in [3.05, 3.63) is 46.4 Å². The number of nitrogens with zero attached hydrogens (tertiary/aromatic N) is 1. The molecule has 1 nitrogen and oxygen atoms in total. The van der Waals surface area contributed by atoms with Gasteiger partial charge in [-0.25, -0.2) is 0 Å². The molecule has 2 rings (SSSR count). The largest absolute Gasteiger partial charge is 0.192 e. The van der Waals surface area contributed by atoms with Crippen LogP contribution in [0.5, 0.6) is 0 Å². The van der Waals surface area contributed by atoms with E-state index in [1.54, 1.807) is 6.07 Å². The first-order chi connectivity index (χ1) is 6.33. The SMILES string of the molecule is N#Cc1[c]ccc2c(Br)cccc12. The third-order valence-electron chi connectivity index (χ3n) is 1.91. The lowest BCUT2D eigenvalue weighted by molar-refractivity contribution is 1.50. The van der Waals surface area contributed by atoms with E-state index in [9.17, 15) is 0 Å². The van der Waals surface area contributed by atoms with Crippen LogP contribution in [0.3, 0.4) is 0 Å². The van der Waals surface area contributed by atoms with E-state index in [4.69, 9.17) is 5.26 Å². The molecule has 0 aliphatic rings. The molecule has 0 unspecified atom stereocenters. The van der Waals surface area contributed by atoms with E-state index in [-0.39, 0.29) is 0 Å². The molecule has 0 bridgehead atoms. The maximum absolute atomic E-state index is 8.83. The molecule has 0 aromatic heterocycles. The number of fused-ring (bicyclic) bond motifs is 1. The van der Waals surface area contributed by atoms with Gasteiger partial charge < -0.3 is 0 Å². The lowest BCUT2D eigenvalue weighted by Crippen LogP contribution is -1.79.